The summed E-state index contributed by atoms with van der Waals surface area (Å²) in [6.45, 7) is 3.81. The third-order valence-electron chi connectivity index (χ3n) is 5.92. The second kappa shape index (κ2) is 10.3. The molecule has 0 N–H and O–H groups in total. The molecule has 1 nitrogen and oxygen atoms in total. The molecule has 0 aliphatic heterocycles. The molecule has 0 heterocycles. The molecule has 1 aliphatic carbocycles. The standard InChI is InChI=1S/C26H32O/c1-3-21-9-11-22(12-10-21)13-14-23-15-17-24(18-16-23)19-20-26(27-2)25-7-5-4-6-8-25/h3-14,23-24,26H,1,15-20H2,2H3/b14-13+. The summed E-state index contributed by atoms with van der Waals surface area (Å²) in [5.74, 6) is 1.58. The number of rotatable bonds is 8. The van der Waals surface area contributed by atoms with Gasteiger partial charge in [-0.1, -0.05) is 79.4 Å². The zero-order chi connectivity index (χ0) is 18.9. The lowest BCUT2D eigenvalue weighted by Crippen LogP contribution is -2.14. The lowest BCUT2D eigenvalue weighted by molar-refractivity contribution is 0.0861. The van der Waals surface area contributed by atoms with Gasteiger partial charge in [0.2, 0.25) is 0 Å². The van der Waals surface area contributed by atoms with Gasteiger partial charge in [-0.25, -0.2) is 0 Å². The number of methoxy groups -OCH3 is 1. The van der Waals surface area contributed by atoms with Gasteiger partial charge in [-0.15, -0.1) is 0 Å². The van der Waals surface area contributed by atoms with E-state index in [9.17, 15) is 0 Å². The number of ether oxygens (including phenoxy) is 1. The quantitative estimate of drug-likeness (QED) is 0.479. The Labute approximate surface area is 164 Å². The Kier molecular flexibility index (Phi) is 7.47. The second-order valence-corrected chi connectivity index (χ2v) is 7.72. The van der Waals surface area contributed by atoms with Crippen molar-refractivity contribution in [1.29, 1.82) is 0 Å². The number of hydrogen-bond acceptors (Lipinski definition) is 1. The van der Waals surface area contributed by atoms with Crippen LogP contribution in [0.15, 0.2) is 67.3 Å². The van der Waals surface area contributed by atoms with Gasteiger partial charge in [-0.3, -0.25) is 0 Å². The number of hydrogen-bond donors (Lipinski definition) is 0. The second-order valence-electron chi connectivity index (χ2n) is 7.72. The largest absolute Gasteiger partial charge is 0.377 e. The maximum atomic E-state index is 5.74. The van der Waals surface area contributed by atoms with Crippen molar-refractivity contribution in [2.45, 2.75) is 44.6 Å². The van der Waals surface area contributed by atoms with Crippen LogP contribution in [0.1, 0.15) is 61.3 Å². The van der Waals surface area contributed by atoms with Gasteiger partial charge in [0.05, 0.1) is 6.10 Å². The Balaban J connectivity index is 1.43. The summed E-state index contributed by atoms with van der Waals surface area (Å²) < 4.78 is 5.74. The van der Waals surface area contributed by atoms with Crippen LogP contribution >= 0.6 is 0 Å². The molecular weight excluding hydrogens is 328 g/mol. The summed E-state index contributed by atoms with van der Waals surface area (Å²) in [6, 6.07) is 19.2. The van der Waals surface area contributed by atoms with Crippen LogP contribution < -0.4 is 0 Å². The van der Waals surface area contributed by atoms with Gasteiger partial charge in [-0.05, 0) is 67.1 Å². The minimum atomic E-state index is 0.238. The van der Waals surface area contributed by atoms with E-state index in [4.69, 9.17) is 4.74 Å². The molecule has 3 rings (SSSR count). The summed E-state index contributed by atoms with van der Waals surface area (Å²) in [7, 11) is 1.83. The lowest BCUT2D eigenvalue weighted by atomic mass is 9.79. The summed E-state index contributed by atoms with van der Waals surface area (Å²) in [4.78, 5) is 0. The Bertz CT molecular complexity index is 706. The van der Waals surface area contributed by atoms with Crippen molar-refractivity contribution in [2.75, 3.05) is 7.11 Å². The first kappa shape index (κ1) is 19.6. The number of allylic oxidation sites excluding steroid dienone is 1. The Morgan fingerprint density at radius 3 is 2.26 bits per heavy atom. The Morgan fingerprint density at radius 2 is 1.63 bits per heavy atom. The van der Waals surface area contributed by atoms with Crippen LogP contribution in [0.5, 0.6) is 0 Å². The molecule has 0 aromatic heterocycles. The van der Waals surface area contributed by atoms with Crippen molar-refractivity contribution in [1.82, 2.24) is 0 Å². The molecular formula is C26H32O. The summed E-state index contributed by atoms with van der Waals surface area (Å²) >= 11 is 0. The van der Waals surface area contributed by atoms with Crippen LogP contribution in [0.2, 0.25) is 0 Å². The summed E-state index contributed by atoms with van der Waals surface area (Å²) in [6.07, 6.45) is 14.5. The van der Waals surface area contributed by atoms with Gasteiger partial charge in [0.15, 0.2) is 0 Å². The molecule has 142 valence electrons. The van der Waals surface area contributed by atoms with Crippen molar-refractivity contribution >= 4 is 12.2 Å². The van der Waals surface area contributed by atoms with Crippen LogP contribution in [-0.4, -0.2) is 7.11 Å². The van der Waals surface area contributed by atoms with Crippen molar-refractivity contribution in [3.63, 3.8) is 0 Å². The van der Waals surface area contributed by atoms with Crippen LogP contribution in [0.25, 0.3) is 12.2 Å². The Hall–Kier alpha value is -2.12. The zero-order valence-corrected chi connectivity index (χ0v) is 16.5. The fraction of sp³-hybridized carbons (Fsp3) is 0.385. The molecule has 1 unspecified atom stereocenters. The van der Waals surface area contributed by atoms with Gasteiger partial charge in [0.1, 0.15) is 0 Å². The topological polar surface area (TPSA) is 9.23 Å². The van der Waals surface area contributed by atoms with E-state index in [2.05, 4.69) is 73.3 Å². The molecule has 1 heteroatoms. The van der Waals surface area contributed by atoms with E-state index in [0.717, 1.165) is 18.3 Å². The number of benzene rings is 2. The molecule has 0 amide bonds. The fourth-order valence-corrected chi connectivity index (χ4v) is 4.14. The van der Waals surface area contributed by atoms with E-state index in [1.165, 1.54) is 48.8 Å². The van der Waals surface area contributed by atoms with E-state index in [-0.39, 0.29) is 6.10 Å². The van der Waals surface area contributed by atoms with Crippen LogP contribution in [0, 0.1) is 11.8 Å². The molecule has 1 fully saturated rings. The maximum absolute atomic E-state index is 5.74. The highest BCUT2D eigenvalue weighted by atomic mass is 16.5. The smallest absolute Gasteiger partial charge is 0.0821 e. The summed E-state index contributed by atoms with van der Waals surface area (Å²) in [5, 5.41) is 0. The highest BCUT2D eigenvalue weighted by molar-refractivity contribution is 5.54. The van der Waals surface area contributed by atoms with E-state index >= 15 is 0 Å². The van der Waals surface area contributed by atoms with Gasteiger partial charge in [-0.2, -0.15) is 0 Å². The molecule has 1 atom stereocenters. The first-order chi connectivity index (χ1) is 13.3. The predicted octanol–water partition coefficient (Wildman–Crippen LogP) is 7.32. The molecule has 0 radical (unpaired) electrons. The molecule has 0 saturated heterocycles. The predicted molar refractivity (Wildman–Crippen MR) is 116 cm³/mol. The van der Waals surface area contributed by atoms with Crippen molar-refractivity contribution in [3.05, 3.63) is 83.9 Å². The third-order valence-corrected chi connectivity index (χ3v) is 5.92. The first-order valence-corrected chi connectivity index (χ1v) is 10.3. The van der Waals surface area contributed by atoms with Gasteiger partial charge >= 0.3 is 0 Å². The highest BCUT2D eigenvalue weighted by Gasteiger charge is 2.21. The fourth-order valence-electron chi connectivity index (χ4n) is 4.14. The average molecular weight is 361 g/mol. The monoisotopic (exact) mass is 360 g/mol. The van der Waals surface area contributed by atoms with E-state index in [1.54, 1.807) is 0 Å². The van der Waals surface area contributed by atoms with E-state index in [1.807, 2.05) is 13.2 Å². The lowest BCUT2D eigenvalue weighted by Gasteiger charge is -2.28. The van der Waals surface area contributed by atoms with E-state index in [0.29, 0.717) is 0 Å². The molecule has 0 spiro atoms. The van der Waals surface area contributed by atoms with Crippen molar-refractivity contribution in [2.24, 2.45) is 11.8 Å². The van der Waals surface area contributed by atoms with Crippen LogP contribution in [0.4, 0.5) is 0 Å². The van der Waals surface area contributed by atoms with Gasteiger partial charge < -0.3 is 4.74 Å². The van der Waals surface area contributed by atoms with Gasteiger partial charge in [0, 0.05) is 7.11 Å². The first-order valence-electron chi connectivity index (χ1n) is 10.3. The molecule has 27 heavy (non-hydrogen) atoms. The molecule has 2 aromatic carbocycles. The minimum Gasteiger partial charge on any atom is -0.377 e. The zero-order valence-electron chi connectivity index (χ0n) is 16.5. The van der Waals surface area contributed by atoms with Crippen molar-refractivity contribution < 1.29 is 4.74 Å². The normalized spacial score (nSPS) is 21.2. The summed E-state index contributed by atoms with van der Waals surface area (Å²) in [5.41, 5.74) is 3.77. The van der Waals surface area contributed by atoms with Crippen LogP contribution in [0.3, 0.4) is 0 Å². The molecule has 1 saturated carbocycles. The van der Waals surface area contributed by atoms with Crippen LogP contribution in [-0.2, 0) is 4.74 Å². The molecule has 1 aliphatic rings. The SMILES string of the molecule is C=Cc1ccc(/C=C/C2CCC(CCC(OC)c3ccccc3)CC2)cc1. The van der Waals surface area contributed by atoms with Gasteiger partial charge in [0.25, 0.3) is 0 Å². The maximum Gasteiger partial charge on any atom is 0.0821 e. The van der Waals surface area contributed by atoms with Crippen molar-refractivity contribution in [3.8, 4) is 0 Å². The minimum absolute atomic E-state index is 0.238. The van der Waals surface area contributed by atoms with E-state index < -0.39 is 0 Å². The average Bonchev–Trinajstić information content (AvgIpc) is 2.74. The third kappa shape index (κ3) is 5.94. The highest BCUT2D eigenvalue weighted by Crippen LogP contribution is 2.35. The molecule has 0 bridgehead atoms. The molecule has 2 aromatic rings. The Morgan fingerprint density at radius 1 is 0.963 bits per heavy atom.